The molecule has 3 fully saturated rings. The summed E-state index contributed by atoms with van der Waals surface area (Å²) in [6.45, 7) is 9.48. The van der Waals surface area contributed by atoms with Gasteiger partial charge in [-0.25, -0.2) is 9.59 Å². The highest BCUT2D eigenvalue weighted by molar-refractivity contribution is 7.15. The summed E-state index contributed by atoms with van der Waals surface area (Å²) in [5, 5.41) is 13.1. The molecular weight excluding hydrogens is 528 g/mol. The van der Waals surface area contributed by atoms with Gasteiger partial charge in [-0.15, -0.1) is 11.3 Å². The molecule has 1 aromatic rings. The molecule has 3 aliphatic rings. The van der Waals surface area contributed by atoms with Crippen molar-refractivity contribution in [3.63, 3.8) is 0 Å². The molecule has 220 valence electrons. The van der Waals surface area contributed by atoms with Gasteiger partial charge in [-0.2, -0.15) is 0 Å². The molecule has 4 rings (SSSR count). The van der Waals surface area contributed by atoms with Crippen molar-refractivity contribution in [3.05, 3.63) is 15.8 Å². The number of carboxylic acids is 1. The van der Waals surface area contributed by atoms with E-state index in [0.29, 0.717) is 68.2 Å². The number of carbonyl (C=O) groups excluding carboxylic acids is 2. The lowest BCUT2D eigenvalue weighted by Gasteiger charge is -2.39. The van der Waals surface area contributed by atoms with Crippen LogP contribution in [0.3, 0.4) is 0 Å². The zero-order valence-electron chi connectivity index (χ0n) is 24.3. The van der Waals surface area contributed by atoms with Gasteiger partial charge in [0.1, 0.15) is 11.0 Å². The van der Waals surface area contributed by atoms with E-state index in [2.05, 4.69) is 24.1 Å². The van der Waals surface area contributed by atoms with E-state index in [1.54, 1.807) is 11.0 Å². The lowest BCUT2D eigenvalue weighted by molar-refractivity contribution is -0.124. The van der Waals surface area contributed by atoms with Crippen LogP contribution in [0, 0.1) is 29.1 Å². The normalized spacial score (nSPS) is 25.8. The zero-order chi connectivity index (χ0) is 28.9. The molecule has 0 bridgehead atoms. The molecule has 2 heterocycles. The quantitative estimate of drug-likeness (QED) is 0.392. The summed E-state index contributed by atoms with van der Waals surface area (Å²) >= 11 is 1.14. The minimum absolute atomic E-state index is 0.0258. The first kappa shape index (κ1) is 30.4. The number of hydrogen-bond donors (Lipinski definition) is 2. The van der Waals surface area contributed by atoms with Crippen LogP contribution in [0.1, 0.15) is 106 Å². The van der Waals surface area contributed by atoms with E-state index in [0.717, 1.165) is 37.0 Å². The van der Waals surface area contributed by atoms with Crippen LogP contribution in [-0.4, -0.2) is 54.5 Å². The van der Waals surface area contributed by atoms with Crippen LogP contribution in [-0.2, 0) is 14.3 Å². The number of amides is 2. The maximum Gasteiger partial charge on any atom is 0.407 e. The van der Waals surface area contributed by atoms with Gasteiger partial charge in [0.2, 0.25) is 5.91 Å². The molecule has 0 radical (unpaired) electrons. The van der Waals surface area contributed by atoms with Gasteiger partial charge in [-0.05, 0) is 84.1 Å². The van der Waals surface area contributed by atoms with Gasteiger partial charge in [0.05, 0.1) is 23.8 Å². The molecule has 2 N–H and O–H groups in total. The van der Waals surface area contributed by atoms with Crippen molar-refractivity contribution >= 4 is 35.0 Å². The second kappa shape index (κ2) is 13.4. The summed E-state index contributed by atoms with van der Waals surface area (Å²) in [5.41, 5.74) is 0.244. The Bertz CT molecular complexity index is 1110. The van der Waals surface area contributed by atoms with Gasteiger partial charge in [-0.1, -0.05) is 18.8 Å². The number of aromatic carboxylic acids is 1. The molecule has 1 saturated heterocycles. The van der Waals surface area contributed by atoms with Crippen molar-refractivity contribution in [2.24, 2.45) is 17.3 Å². The number of thiophene rings is 1. The van der Waals surface area contributed by atoms with Crippen molar-refractivity contribution in [2.45, 2.75) is 110 Å². The summed E-state index contributed by atoms with van der Waals surface area (Å²) in [6.07, 6.45) is 7.34. The molecule has 2 saturated carbocycles. The van der Waals surface area contributed by atoms with Gasteiger partial charge < -0.3 is 24.8 Å². The predicted molar refractivity (Wildman–Crippen MR) is 156 cm³/mol. The monoisotopic (exact) mass is 572 g/mol. The Hall–Kier alpha value is -2.57. The topological polar surface area (TPSA) is 105 Å². The van der Waals surface area contributed by atoms with E-state index in [1.807, 2.05) is 20.8 Å². The summed E-state index contributed by atoms with van der Waals surface area (Å²) < 4.78 is 10.9. The Kier molecular flexibility index (Phi) is 10.2. The minimum atomic E-state index is -1.04. The average Bonchev–Trinajstić information content (AvgIpc) is 3.33. The highest BCUT2D eigenvalue weighted by Gasteiger charge is 2.38. The fourth-order valence-electron chi connectivity index (χ4n) is 5.85. The van der Waals surface area contributed by atoms with E-state index >= 15 is 0 Å². The second-order valence-corrected chi connectivity index (χ2v) is 13.7. The smallest absolute Gasteiger partial charge is 0.407 e. The number of carboxylic acid groups (broad SMARTS) is 1. The van der Waals surface area contributed by atoms with Crippen molar-refractivity contribution in [1.29, 1.82) is 0 Å². The molecule has 0 aromatic carbocycles. The van der Waals surface area contributed by atoms with Crippen molar-refractivity contribution in [3.8, 4) is 11.8 Å². The Morgan fingerprint density at radius 3 is 2.27 bits per heavy atom. The standard InChI is InChI=1S/C31H44N2O6S/c1-20-5-7-21(8-6-20)28(34)33(26-19-25(13-16-31(2,3)4)40-27(26)29(35)36)23-11-9-22(10-12-23)32-30(37)39-24-14-17-38-18-15-24/h19-24H,5-12,14-15,17-18H2,1-4H3,(H,32,37)(H,35,36)/t20-,21-,22?,23?. The van der Waals surface area contributed by atoms with Crippen molar-refractivity contribution in [1.82, 2.24) is 5.32 Å². The Morgan fingerprint density at radius 2 is 1.68 bits per heavy atom. The van der Waals surface area contributed by atoms with Crippen LogP contribution in [0.25, 0.3) is 0 Å². The maximum absolute atomic E-state index is 14.1. The van der Waals surface area contributed by atoms with E-state index in [1.165, 1.54) is 0 Å². The first-order valence-electron chi connectivity index (χ1n) is 14.8. The molecule has 1 aromatic heterocycles. The second-order valence-electron chi connectivity index (χ2n) is 12.7. The molecule has 0 spiro atoms. The highest BCUT2D eigenvalue weighted by atomic mass is 32.1. The van der Waals surface area contributed by atoms with Crippen LogP contribution in [0.4, 0.5) is 10.5 Å². The molecule has 9 heteroatoms. The number of carbonyl (C=O) groups is 3. The van der Waals surface area contributed by atoms with Gasteiger partial charge in [0.15, 0.2) is 0 Å². The predicted octanol–water partition coefficient (Wildman–Crippen LogP) is 6.22. The summed E-state index contributed by atoms with van der Waals surface area (Å²) in [5.74, 6) is 5.82. The number of alkyl carbamates (subject to hydrolysis) is 1. The molecule has 0 atom stereocenters. The van der Waals surface area contributed by atoms with Gasteiger partial charge in [-0.3, -0.25) is 4.79 Å². The highest BCUT2D eigenvalue weighted by Crippen LogP contribution is 2.39. The van der Waals surface area contributed by atoms with E-state index in [4.69, 9.17) is 9.47 Å². The van der Waals surface area contributed by atoms with E-state index < -0.39 is 12.1 Å². The van der Waals surface area contributed by atoms with Crippen molar-refractivity contribution < 1.29 is 29.0 Å². The lowest BCUT2D eigenvalue weighted by atomic mass is 9.81. The van der Waals surface area contributed by atoms with Crippen LogP contribution in [0.15, 0.2) is 6.07 Å². The molecule has 2 aliphatic carbocycles. The molecule has 0 unspecified atom stereocenters. The fourth-order valence-corrected chi connectivity index (χ4v) is 6.69. The van der Waals surface area contributed by atoms with E-state index in [-0.39, 0.29) is 40.3 Å². The molecule has 1 aliphatic heterocycles. The van der Waals surface area contributed by atoms with Crippen LogP contribution in [0.2, 0.25) is 0 Å². The fraction of sp³-hybridized carbons (Fsp3) is 0.710. The Balaban J connectivity index is 1.52. The maximum atomic E-state index is 14.1. The zero-order valence-corrected chi connectivity index (χ0v) is 25.1. The average molecular weight is 573 g/mol. The van der Waals surface area contributed by atoms with Gasteiger partial charge in [0.25, 0.3) is 0 Å². The minimum Gasteiger partial charge on any atom is -0.477 e. The first-order chi connectivity index (χ1) is 19.0. The third kappa shape index (κ3) is 8.23. The molecule has 40 heavy (non-hydrogen) atoms. The number of ether oxygens (including phenoxy) is 2. The molecule has 2 amide bonds. The molecule has 8 nitrogen and oxygen atoms in total. The Labute approximate surface area is 242 Å². The number of rotatable bonds is 6. The summed E-state index contributed by atoms with van der Waals surface area (Å²) in [7, 11) is 0. The van der Waals surface area contributed by atoms with Gasteiger partial charge >= 0.3 is 12.1 Å². The van der Waals surface area contributed by atoms with Crippen LogP contribution < -0.4 is 10.2 Å². The third-order valence-corrected chi connectivity index (χ3v) is 9.18. The summed E-state index contributed by atoms with van der Waals surface area (Å²) in [4.78, 5) is 41.6. The lowest BCUT2D eigenvalue weighted by Crippen LogP contribution is -2.49. The molecular formula is C31H44N2O6S. The number of nitrogens with one attached hydrogen (secondary N) is 1. The van der Waals surface area contributed by atoms with Crippen LogP contribution >= 0.6 is 11.3 Å². The number of hydrogen-bond acceptors (Lipinski definition) is 6. The van der Waals surface area contributed by atoms with Gasteiger partial charge in [0, 0.05) is 36.3 Å². The SMILES string of the molecule is CC(C)(C)C#Cc1cc(N(C(=O)[C@H]2CC[C@H](C)CC2)C2CCC(NC(=O)OC3CCOCC3)CC2)c(C(=O)O)s1. The van der Waals surface area contributed by atoms with E-state index in [9.17, 15) is 19.5 Å². The van der Waals surface area contributed by atoms with Crippen LogP contribution in [0.5, 0.6) is 0 Å². The third-order valence-electron chi connectivity index (χ3n) is 8.16. The summed E-state index contributed by atoms with van der Waals surface area (Å²) in [6, 6.07) is 1.63. The van der Waals surface area contributed by atoms with Crippen molar-refractivity contribution in [2.75, 3.05) is 18.1 Å². The largest absolute Gasteiger partial charge is 0.477 e. The first-order valence-corrected chi connectivity index (χ1v) is 15.6. The number of anilines is 1. The Morgan fingerprint density at radius 1 is 1.02 bits per heavy atom. The number of nitrogens with zero attached hydrogens (tertiary/aromatic N) is 1.